The summed E-state index contributed by atoms with van der Waals surface area (Å²) in [5.74, 6) is 2.42. The van der Waals surface area contributed by atoms with Crippen molar-refractivity contribution < 1.29 is 14.6 Å². The number of hydrogen-bond donors (Lipinski definition) is 1. The van der Waals surface area contributed by atoms with Crippen LogP contribution in [0.5, 0.6) is 0 Å². The molecule has 0 radical (unpaired) electrons. The zero-order valence-corrected chi connectivity index (χ0v) is 12.8. The average Bonchev–Trinajstić information content (AvgIpc) is 2.96. The largest absolute Gasteiger partial charge is 0.390 e. The Morgan fingerprint density at radius 3 is 2.63 bits per heavy atom. The van der Waals surface area contributed by atoms with Gasteiger partial charge in [-0.1, -0.05) is 34.9 Å². The Morgan fingerprint density at radius 1 is 1.37 bits per heavy atom. The van der Waals surface area contributed by atoms with Gasteiger partial charge >= 0.3 is 0 Å². The Hall–Kier alpha value is -0.340. The van der Waals surface area contributed by atoms with Crippen LogP contribution in [0.25, 0.3) is 0 Å². The SMILES string of the molecule is C#C/C=C/C[C@H](O)[C@H]1CC2O[C@@H](C(Br)CC)CC2O1. The van der Waals surface area contributed by atoms with Crippen LogP contribution in [-0.4, -0.2) is 40.5 Å². The van der Waals surface area contributed by atoms with Crippen LogP contribution in [0.3, 0.4) is 0 Å². The molecule has 2 saturated heterocycles. The van der Waals surface area contributed by atoms with E-state index in [2.05, 4.69) is 28.8 Å². The molecule has 0 aromatic carbocycles. The van der Waals surface area contributed by atoms with Gasteiger partial charge in [-0.25, -0.2) is 0 Å². The summed E-state index contributed by atoms with van der Waals surface area (Å²) in [6.07, 6.45) is 11.7. The van der Waals surface area contributed by atoms with Gasteiger partial charge in [0.1, 0.15) is 0 Å². The van der Waals surface area contributed by atoms with E-state index in [-0.39, 0.29) is 24.4 Å². The summed E-state index contributed by atoms with van der Waals surface area (Å²) < 4.78 is 11.9. The summed E-state index contributed by atoms with van der Waals surface area (Å²) in [6, 6.07) is 0. The summed E-state index contributed by atoms with van der Waals surface area (Å²) in [5.41, 5.74) is 0. The van der Waals surface area contributed by atoms with E-state index in [1.54, 1.807) is 12.2 Å². The number of aliphatic hydroxyl groups is 1. The molecule has 3 unspecified atom stereocenters. The van der Waals surface area contributed by atoms with Crippen molar-refractivity contribution in [3.05, 3.63) is 12.2 Å². The van der Waals surface area contributed by atoms with Crippen LogP contribution < -0.4 is 0 Å². The lowest BCUT2D eigenvalue weighted by Gasteiger charge is -2.21. The van der Waals surface area contributed by atoms with Crippen molar-refractivity contribution in [1.82, 2.24) is 0 Å². The third-order valence-electron chi connectivity index (χ3n) is 3.86. The Bertz CT molecular complexity index is 349. The quantitative estimate of drug-likeness (QED) is 0.622. The molecule has 0 saturated carbocycles. The van der Waals surface area contributed by atoms with Gasteiger partial charge in [0.05, 0.1) is 30.5 Å². The summed E-state index contributed by atoms with van der Waals surface area (Å²) in [7, 11) is 0. The number of fused-ring (bicyclic) bond motifs is 1. The van der Waals surface area contributed by atoms with Gasteiger partial charge in [0.2, 0.25) is 0 Å². The monoisotopic (exact) mass is 328 g/mol. The molecule has 1 N–H and O–H groups in total. The fourth-order valence-corrected chi connectivity index (χ4v) is 3.12. The van der Waals surface area contributed by atoms with E-state index in [9.17, 15) is 5.11 Å². The van der Waals surface area contributed by atoms with E-state index in [1.165, 1.54) is 0 Å². The number of hydrogen-bond acceptors (Lipinski definition) is 3. The number of terminal acetylenes is 1. The minimum atomic E-state index is -0.497. The van der Waals surface area contributed by atoms with E-state index in [0.717, 1.165) is 19.3 Å². The first-order valence-electron chi connectivity index (χ1n) is 6.89. The predicted octanol–water partition coefficient (Wildman–Crippen LogP) is 2.42. The number of ether oxygens (including phenoxy) is 2. The van der Waals surface area contributed by atoms with Crippen LogP contribution in [-0.2, 0) is 9.47 Å². The van der Waals surface area contributed by atoms with Crippen LogP contribution in [0.2, 0.25) is 0 Å². The van der Waals surface area contributed by atoms with Gasteiger partial charge in [-0.15, -0.1) is 6.42 Å². The highest BCUT2D eigenvalue weighted by Gasteiger charge is 2.46. The first kappa shape index (κ1) is 15.1. The molecule has 2 aliphatic heterocycles. The van der Waals surface area contributed by atoms with Crippen molar-refractivity contribution in [3.8, 4) is 12.3 Å². The molecule has 2 heterocycles. The number of rotatable bonds is 5. The lowest BCUT2D eigenvalue weighted by molar-refractivity contribution is -0.0330. The van der Waals surface area contributed by atoms with E-state index >= 15 is 0 Å². The smallest absolute Gasteiger partial charge is 0.0868 e. The molecule has 0 aromatic rings. The molecule has 0 aliphatic carbocycles. The molecule has 19 heavy (non-hydrogen) atoms. The van der Waals surface area contributed by atoms with Gasteiger partial charge in [0.25, 0.3) is 0 Å². The molecule has 0 spiro atoms. The number of alkyl halides is 1. The second-order valence-electron chi connectivity index (χ2n) is 5.19. The first-order valence-corrected chi connectivity index (χ1v) is 7.81. The second kappa shape index (κ2) is 6.90. The van der Waals surface area contributed by atoms with Crippen molar-refractivity contribution in [1.29, 1.82) is 0 Å². The third-order valence-corrected chi connectivity index (χ3v) is 5.09. The van der Waals surface area contributed by atoms with Crippen LogP contribution in [0.15, 0.2) is 12.2 Å². The Balaban J connectivity index is 1.81. The van der Waals surface area contributed by atoms with Gasteiger partial charge in [0, 0.05) is 17.7 Å². The average molecular weight is 329 g/mol. The molecule has 4 heteroatoms. The zero-order chi connectivity index (χ0) is 13.8. The second-order valence-corrected chi connectivity index (χ2v) is 6.37. The molecule has 2 fully saturated rings. The maximum absolute atomic E-state index is 10.0. The number of aliphatic hydroxyl groups excluding tert-OH is 1. The Labute approximate surface area is 123 Å². The number of halogens is 1. The summed E-state index contributed by atoms with van der Waals surface area (Å²) >= 11 is 3.64. The fourth-order valence-electron chi connectivity index (χ4n) is 2.78. The van der Waals surface area contributed by atoms with Crippen LogP contribution in [0.1, 0.15) is 32.6 Å². The Kier molecular flexibility index (Phi) is 5.47. The lowest BCUT2D eigenvalue weighted by atomic mass is 10.0. The maximum atomic E-state index is 10.0. The van der Waals surface area contributed by atoms with Crippen molar-refractivity contribution in [2.24, 2.45) is 0 Å². The van der Waals surface area contributed by atoms with E-state index in [4.69, 9.17) is 15.9 Å². The summed E-state index contributed by atoms with van der Waals surface area (Å²) in [4.78, 5) is 0.392. The van der Waals surface area contributed by atoms with Gasteiger partial charge < -0.3 is 14.6 Å². The molecular formula is C15H21BrO3. The zero-order valence-electron chi connectivity index (χ0n) is 11.2. The molecule has 0 bridgehead atoms. The Morgan fingerprint density at radius 2 is 2.00 bits per heavy atom. The topological polar surface area (TPSA) is 38.7 Å². The molecule has 6 atom stereocenters. The van der Waals surface area contributed by atoms with E-state index in [0.29, 0.717) is 11.2 Å². The molecule has 0 amide bonds. The lowest BCUT2D eigenvalue weighted by Crippen LogP contribution is -2.28. The van der Waals surface area contributed by atoms with Gasteiger partial charge in [-0.2, -0.15) is 0 Å². The van der Waals surface area contributed by atoms with E-state index in [1.807, 2.05) is 0 Å². The van der Waals surface area contributed by atoms with Crippen LogP contribution in [0, 0.1) is 12.3 Å². The van der Waals surface area contributed by atoms with Gasteiger partial charge in [-0.05, 0) is 18.9 Å². The minimum absolute atomic E-state index is 0.131. The highest BCUT2D eigenvalue weighted by Crippen LogP contribution is 2.38. The van der Waals surface area contributed by atoms with Crippen molar-refractivity contribution >= 4 is 15.9 Å². The van der Waals surface area contributed by atoms with Crippen molar-refractivity contribution in [3.63, 3.8) is 0 Å². The predicted molar refractivity (Wildman–Crippen MR) is 78.2 cm³/mol. The highest BCUT2D eigenvalue weighted by molar-refractivity contribution is 9.09. The third kappa shape index (κ3) is 3.61. The normalized spacial score (nSPS) is 37.2. The molecule has 3 nitrogen and oxygen atoms in total. The standard InChI is InChI=1S/C15H21BrO3/c1-3-5-6-7-11(17)13-9-15-14(19-13)8-12(18-15)10(16)4-2/h1,5-6,10-15,17H,4,7-9H2,2H3/b6-5+/t10?,11-,12+,13+,14?,15?/m0/s1. The molecule has 106 valence electrons. The molecule has 0 aromatic heterocycles. The van der Waals surface area contributed by atoms with Crippen molar-refractivity contribution in [2.45, 2.75) is 68.0 Å². The summed E-state index contributed by atoms with van der Waals surface area (Å²) in [5, 5.41) is 10.0. The molecule has 2 rings (SSSR count). The van der Waals surface area contributed by atoms with Gasteiger partial charge in [-0.3, -0.25) is 0 Å². The minimum Gasteiger partial charge on any atom is -0.390 e. The first-order chi connectivity index (χ1) is 9.15. The fraction of sp³-hybridized carbons (Fsp3) is 0.733. The molecular weight excluding hydrogens is 308 g/mol. The molecule has 2 aliphatic rings. The van der Waals surface area contributed by atoms with Gasteiger partial charge in [0.15, 0.2) is 0 Å². The van der Waals surface area contributed by atoms with Crippen molar-refractivity contribution in [2.75, 3.05) is 0 Å². The van der Waals surface area contributed by atoms with Crippen LogP contribution >= 0.6 is 15.9 Å². The van der Waals surface area contributed by atoms with Crippen LogP contribution in [0.4, 0.5) is 0 Å². The summed E-state index contributed by atoms with van der Waals surface area (Å²) in [6.45, 7) is 2.14. The highest BCUT2D eigenvalue weighted by atomic mass is 79.9. The maximum Gasteiger partial charge on any atom is 0.0868 e. The number of allylic oxidation sites excluding steroid dienone is 1. The van der Waals surface area contributed by atoms with E-state index < -0.39 is 6.10 Å².